The maximum Gasteiger partial charge on any atom is 0.407 e. The fraction of sp³-hybridized carbons (Fsp3) is 0.417. The van der Waals surface area contributed by atoms with Gasteiger partial charge in [0.15, 0.2) is 5.78 Å². The van der Waals surface area contributed by atoms with Gasteiger partial charge in [-0.3, -0.25) is 14.4 Å². The molecule has 9 heteroatoms. The van der Waals surface area contributed by atoms with Gasteiger partial charge < -0.3 is 25.5 Å². The molecule has 0 radical (unpaired) electrons. The molecule has 9 nitrogen and oxygen atoms in total. The second kappa shape index (κ2) is 16.5. The molecule has 3 amide bonds. The van der Waals surface area contributed by atoms with E-state index in [0.29, 0.717) is 32.1 Å². The number of hydrogen-bond acceptors (Lipinski definition) is 6. The van der Waals surface area contributed by atoms with Crippen LogP contribution in [0.4, 0.5) is 4.79 Å². The van der Waals surface area contributed by atoms with Crippen LogP contribution in [0, 0.1) is 17.8 Å². The molecule has 1 saturated heterocycles. The van der Waals surface area contributed by atoms with Gasteiger partial charge in [0, 0.05) is 37.6 Å². The van der Waals surface area contributed by atoms with E-state index in [1.807, 2.05) is 86.6 Å². The van der Waals surface area contributed by atoms with E-state index in [9.17, 15) is 24.0 Å². The molecule has 3 aromatic rings. The first-order valence-electron chi connectivity index (χ1n) is 15.7. The van der Waals surface area contributed by atoms with Gasteiger partial charge >= 0.3 is 6.09 Å². The molecule has 4 rings (SSSR count). The minimum atomic E-state index is -0.938. The highest BCUT2D eigenvalue weighted by molar-refractivity contribution is 5.93. The molecule has 0 aromatic heterocycles. The monoisotopic (exact) mass is 613 g/mol. The van der Waals surface area contributed by atoms with Gasteiger partial charge in [-0.1, -0.05) is 86.6 Å². The zero-order valence-electron chi connectivity index (χ0n) is 26.0. The Kier molecular flexibility index (Phi) is 12.2. The highest BCUT2D eigenvalue weighted by atomic mass is 16.5. The van der Waals surface area contributed by atoms with Crippen molar-refractivity contribution in [2.45, 2.75) is 64.5 Å². The van der Waals surface area contributed by atoms with E-state index in [-0.39, 0.29) is 49.4 Å². The third kappa shape index (κ3) is 9.99. The van der Waals surface area contributed by atoms with E-state index < -0.39 is 30.0 Å². The van der Waals surface area contributed by atoms with Crippen LogP contribution in [-0.4, -0.2) is 55.2 Å². The molecular weight excluding hydrogens is 570 g/mol. The maximum atomic E-state index is 13.9. The molecule has 3 N–H and O–H groups in total. The van der Waals surface area contributed by atoms with E-state index in [0.717, 1.165) is 21.9 Å². The van der Waals surface area contributed by atoms with Crippen LogP contribution in [-0.2, 0) is 36.8 Å². The number of nitrogens with one attached hydrogen (secondary N) is 3. The normalized spacial score (nSPS) is 16.4. The summed E-state index contributed by atoms with van der Waals surface area (Å²) in [6.07, 6.45) is 1.80. The Morgan fingerprint density at radius 2 is 1.71 bits per heavy atom. The average Bonchev–Trinajstić information content (AvgIpc) is 3.44. The number of ether oxygens (including phenoxy) is 1. The van der Waals surface area contributed by atoms with E-state index in [1.165, 1.54) is 0 Å². The second-order valence-corrected chi connectivity index (χ2v) is 12.2. The predicted octanol–water partition coefficient (Wildman–Crippen LogP) is 4.55. The van der Waals surface area contributed by atoms with Crippen LogP contribution in [0.5, 0.6) is 0 Å². The lowest BCUT2D eigenvalue weighted by atomic mass is 9.87. The average molecular weight is 614 g/mol. The van der Waals surface area contributed by atoms with Crippen molar-refractivity contribution in [3.63, 3.8) is 0 Å². The SMILES string of the molecule is CC(C)C[C@H](CC(=O)[C@H](Cc1cccc2ccccc12)NC(=O)OCCc1ccccc1)C(=O)N[C@H](C=O)C[C@@H]1CCNC1=O. The number of carbonyl (C=O) groups excluding carboxylic acids is 5. The van der Waals surface area contributed by atoms with Gasteiger partial charge in [-0.15, -0.1) is 0 Å². The third-order valence-corrected chi connectivity index (χ3v) is 8.22. The lowest BCUT2D eigenvalue weighted by Gasteiger charge is -2.24. The first kappa shape index (κ1) is 33.4. The Labute approximate surface area is 264 Å². The van der Waals surface area contributed by atoms with Gasteiger partial charge in [0.1, 0.15) is 6.29 Å². The van der Waals surface area contributed by atoms with Crippen molar-refractivity contribution in [1.82, 2.24) is 16.0 Å². The Bertz CT molecular complexity index is 1470. The molecule has 0 unspecified atom stereocenters. The lowest BCUT2D eigenvalue weighted by molar-refractivity contribution is -0.132. The van der Waals surface area contributed by atoms with Crippen molar-refractivity contribution in [3.05, 3.63) is 83.9 Å². The molecular formula is C36H43N3O6. The molecule has 1 aliphatic heterocycles. The fourth-order valence-corrected chi connectivity index (χ4v) is 5.89. The van der Waals surface area contributed by atoms with Gasteiger partial charge in [0.25, 0.3) is 0 Å². The van der Waals surface area contributed by atoms with Gasteiger partial charge in [0.05, 0.1) is 18.7 Å². The van der Waals surface area contributed by atoms with E-state index in [4.69, 9.17) is 4.74 Å². The van der Waals surface area contributed by atoms with Gasteiger partial charge in [-0.25, -0.2) is 4.79 Å². The second-order valence-electron chi connectivity index (χ2n) is 12.2. The number of aldehydes is 1. The number of benzene rings is 3. The maximum absolute atomic E-state index is 13.9. The number of alkyl carbamates (subject to hydrolysis) is 1. The van der Waals surface area contributed by atoms with Crippen molar-refractivity contribution in [1.29, 1.82) is 0 Å². The highest BCUT2D eigenvalue weighted by Crippen LogP contribution is 2.23. The number of Topliss-reactive ketones (excluding diaryl/α,β-unsaturated/α-hetero) is 1. The zero-order chi connectivity index (χ0) is 32.2. The predicted molar refractivity (Wildman–Crippen MR) is 172 cm³/mol. The Hall–Kier alpha value is -4.53. The fourth-order valence-electron chi connectivity index (χ4n) is 5.89. The summed E-state index contributed by atoms with van der Waals surface area (Å²) >= 11 is 0. The Morgan fingerprint density at radius 3 is 2.42 bits per heavy atom. The highest BCUT2D eigenvalue weighted by Gasteiger charge is 2.32. The zero-order valence-corrected chi connectivity index (χ0v) is 26.0. The molecule has 45 heavy (non-hydrogen) atoms. The summed E-state index contributed by atoms with van der Waals surface area (Å²) in [5.41, 5.74) is 1.91. The molecule has 1 heterocycles. The van der Waals surface area contributed by atoms with Crippen LogP contribution in [0.3, 0.4) is 0 Å². The van der Waals surface area contributed by atoms with Crippen LogP contribution in [0.15, 0.2) is 72.8 Å². The van der Waals surface area contributed by atoms with Crippen LogP contribution >= 0.6 is 0 Å². The minimum Gasteiger partial charge on any atom is -0.449 e. The Morgan fingerprint density at radius 1 is 0.978 bits per heavy atom. The summed E-state index contributed by atoms with van der Waals surface area (Å²) in [6.45, 7) is 4.62. The quantitative estimate of drug-likeness (QED) is 0.203. The van der Waals surface area contributed by atoms with E-state index in [2.05, 4.69) is 16.0 Å². The number of ketones is 1. The lowest BCUT2D eigenvalue weighted by Crippen LogP contribution is -2.46. The molecule has 1 fully saturated rings. The number of rotatable bonds is 16. The van der Waals surface area contributed by atoms with E-state index >= 15 is 0 Å². The molecule has 0 spiro atoms. The molecule has 0 aliphatic carbocycles. The van der Waals surface area contributed by atoms with Crippen LogP contribution < -0.4 is 16.0 Å². The molecule has 3 aromatic carbocycles. The first-order chi connectivity index (χ1) is 21.7. The molecule has 0 saturated carbocycles. The smallest absolute Gasteiger partial charge is 0.407 e. The topological polar surface area (TPSA) is 131 Å². The van der Waals surface area contributed by atoms with Crippen molar-refractivity contribution in [2.75, 3.05) is 13.2 Å². The largest absolute Gasteiger partial charge is 0.449 e. The van der Waals surface area contributed by atoms with Crippen LogP contribution in [0.1, 0.15) is 50.7 Å². The van der Waals surface area contributed by atoms with Gasteiger partial charge in [-0.05, 0) is 47.1 Å². The molecule has 1 aliphatic rings. The third-order valence-electron chi connectivity index (χ3n) is 8.22. The summed E-state index contributed by atoms with van der Waals surface area (Å²) in [5.74, 6) is -1.81. The summed E-state index contributed by atoms with van der Waals surface area (Å²) in [6, 6.07) is 21.5. The van der Waals surface area contributed by atoms with Gasteiger partial charge in [0.2, 0.25) is 11.8 Å². The Balaban J connectivity index is 1.48. The number of amides is 3. The van der Waals surface area contributed by atoms with Crippen LogP contribution in [0.25, 0.3) is 10.8 Å². The summed E-state index contributed by atoms with van der Waals surface area (Å²) in [5, 5.41) is 10.3. The summed E-state index contributed by atoms with van der Waals surface area (Å²) in [4.78, 5) is 64.2. The molecule has 0 bridgehead atoms. The minimum absolute atomic E-state index is 0.0938. The van der Waals surface area contributed by atoms with Crippen molar-refractivity contribution < 1.29 is 28.7 Å². The van der Waals surface area contributed by atoms with Crippen molar-refractivity contribution in [3.8, 4) is 0 Å². The number of carbonyl (C=O) groups is 5. The van der Waals surface area contributed by atoms with Crippen molar-refractivity contribution >= 4 is 40.7 Å². The molecule has 238 valence electrons. The standard InChI is InChI=1S/C36H43N3O6/c1-24(2)19-29(35(43)38-30(23-40)20-28-15-17-37-34(28)42)22-33(41)32(21-27-13-8-12-26-11-6-7-14-31(26)27)39-36(44)45-18-16-25-9-4-3-5-10-25/h3-14,23-24,28-30,32H,15-22H2,1-2H3,(H,37,42)(H,38,43)(H,39,44)/t28-,29+,30-,32-/m0/s1. The summed E-state index contributed by atoms with van der Waals surface area (Å²) in [7, 11) is 0. The van der Waals surface area contributed by atoms with Gasteiger partial charge in [-0.2, -0.15) is 0 Å². The summed E-state index contributed by atoms with van der Waals surface area (Å²) < 4.78 is 5.45. The van der Waals surface area contributed by atoms with E-state index in [1.54, 1.807) is 0 Å². The van der Waals surface area contributed by atoms with Crippen molar-refractivity contribution in [2.24, 2.45) is 17.8 Å². The molecule has 4 atom stereocenters. The van der Waals surface area contributed by atoms with Crippen LogP contribution in [0.2, 0.25) is 0 Å². The number of hydrogen-bond donors (Lipinski definition) is 3. The first-order valence-corrected chi connectivity index (χ1v) is 15.7. The number of fused-ring (bicyclic) bond motifs is 1.